The molecule has 2 aliphatic rings. The summed E-state index contributed by atoms with van der Waals surface area (Å²) in [7, 11) is -3.26. The highest BCUT2D eigenvalue weighted by atomic mass is 35.5. The van der Waals surface area contributed by atoms with Gasteiger partial charge in [-0.3, -0.25) is 4.79 Å². The number of piperidine rings is 1. The van der Waals surface area contributed by atoms with Gasteiger partial charge in [0, 0.05) is 36.1 Å². The summed E-state index contributed by atoms with van der Waals surface area (Å²) in [6, 6.07) is 5.36. The molecule has 25 heavy (non-hydrogen) atoms. The molecule has 1 aromatic carbocycles. The number of fused-ring (bicyclic) bond motifs is 1. The van der Waals surface area contributed by atoms with E-state index >= 15 is 0 Å². The predicted octanol–water partition coefficient (Wildman–Crippen LogP) is 1.67. The molecule has 1 N–H and O–H groups in total. The molecule has 0 bridgehead atoms. The van der Waals surface area contributed by atoms with Crippen molar-refractivity contribution in [3.8, 4) is 0 Å². The van der Waals surface area contributed by atoms with E-state index in [9.17, 15) is 13.2 Å². The number of hydrogen-bond donors (Lipinski definition) is 1. The molecule has 138 valence electrons. The largest absolute Gasteiger partial charge is 0.376 e. The predicted molar refractivity (Wildman–Crippen MR) is 96.3 cm³/mol. The maximum absolute atomic E-state index is 12.9. The first-order chi connectivity index (χ1) is 11.8. The normalized spacial score (nSPS) is 26.5. The highest BCUT2D eigenvalue weighted by Crippen LogP contribution is 2.35. The lowest BCUT2D eigenvalue weighted by Gasteiger charge is -2.36. The SMILES string of the molecule is Cc1c(Cl)cccc1C(=O)N1CC[C@H]2CO[C@H](CNS(C)(=O)=O)[C@H]2C1. The topological polar surface area (TPSA) is 75.7 Å². The Kier molecular flexibility index (Phi) is 5.39. The van der Waals surface area contributed by atoms with Crippen molar-refractivity contribution in [2.24, 2.45) is 11.8 Å². The maximum Gasteiger partial charge on any atom is 0.254 e. The third-order valence-corrected chi connectivity index (χ3v) is 6.24. The van der Waals surface area contributed by atoms with Crippen LogP contribution in [-0.4, -0.2) is 57.8 Å². The van der Waals surface area contributed by atoms with Crippen molar-refractivity contribution < 1.29 is 17.9 Å². The summed E-state index contributed by atoms with van der Waals surface area (Å²) in [5.41, 5.74) is 1.41. The summed E-state index contributed by atoms with van der Waals surface area (Å²) in [6.07, 6.45) is 1.81. The van der Waals surface area contributed by atoms with Crippen LogP contribution in [0.25, 0.3) is 0 Å². The molecule has 2 saturated heterocycles. The number of sulfonamides is 1. The lowest BCUT2D eigenvalue weighted by Crippen LogP contribution is -2.47. The van der Waals surface area contributed by atoms with Gasteiger partial charge in [-0.15, -0.1) is 0 Å². The standard InChI is InChI=1S/C17H23ClN2O4S/c1-11-13(4-3-5-15(11)18)17(21)20-7-6-12-10-24-16(14(12)9-20)8-19-25(2,22)23/h3-5,12,14,16,19H,6-10H2,1-2H3/t12-,14-,16+/m0/s1. The van der Waals surface area contributed by atoms with Crippen LogP contribution in [0.1, 0.15) is 22.3 Å². The number of nitrogens with one attached hydrogen (secondary N) is 1. The molecule has 0 saturated carbocycles. The minimum Gasteiger partial charge on any atom is -0.376 e. The number of benzene rings is 1. The van der Waals surface area contributed by atoms with Crippen molar-refractivity contribution in [3.05, 3.63) is 34.3 Å². The Morgan fingerprint density at radius 1 is 1.44 bits per heavy atom. The van der Waals surface area contributed by atoms with Gasteiger partial charge in [-0.05, 0) is 37.0 Å². The third-order valence-electron chi connectivity index (χ3n) is 5.14. The molecule has 3 atom stereocenters. The van der Waals surface area contributed by atoms with Gasteiger partial charge < -0.3 is 9.64 Å². The Morgan fingerprint density at radius 3 is 2.92 bits per heavy atom. The highest BCUT2D eigenvalue weighted by Gasteiger charge is 2.42. The van der Waals surface area contributed by atoms with E-state index in [1.54, 1.807) is 18.2 Å². The van der Waals surface area contributed by atoms with Crippen LogP contribution in [0, 0.1) is 18.8 Å². The molecule has 6 nitrogen and oxygen atoms in total. The van der Waals surface area contributed by atoms with Crippen LogP contribution >= 0.6 is 11.6 Å². The molecule has 0 radical (unpaired) electrons. The average Bonchev–Trinajstić information content (AvgIpc) is 2.96. The second-order valence-electron chi connectivity index (χ2n) is 6.87. The number of carbonyl (C=O) groups is 1. The molecule has 2 heterocycles. The summed E-state index contributed by atoms with van der Waals surface area (Å²) >= 11 is 6.14. The molecule has 8 heteroatoms. The van der Waals surface area contributed by atoms with Crippen LogP contribution in [0.5, 0.6) is 0 Å². The molecule has 0 spiro atoms. The van der Waals surface area contributed by atoms with E-state index in [0.29, 0.717) is 36.2 Å². The summed E-state index contributed by atoms with van der Waals surface area (Å²) < 4.78 is 31.0. The fourth-order valence-electron chi connectivity index (χ4n) is 3.67. The van der Waals surface area contributed by atoms with Crippen molar-refractivity contribution >= 4 is 27.5 Å². The first-order valence-electron chi connectivity index (χ1n) is 8.37. The minimum absolute atomic E-state index is 0.0276. The molecular weight excluding hydrogens is 364 g/mol. The number of hydrogen-bond acceptors (Lipinski definition) is 4. The summed E-state index contributed by atoms with van der Waals surface area (Å²) in [5, 5.41) is 0.583. The van der Waals surface area contributed by atoms with Gasteiger partial charge >= 0.3 is 0 Å². The van der Waals surface area contributed by atoms with E-state index < -0.39 is 10.0 Å². The second kappa shape index (κ2) is 7.23. The maximum atomic E-state index is 12.9. The van der Waals surface area contributed by atoms with Crippen molar-refractivity contribution in [3.63, 3.8) is 0 Å². The number of amides is 1. The average molecular weight is 387 g/mol. The van der Waals surface area contributed by atoms with Crippen molar-refractivity contribution in [2.45, 2.75) is 19.4 Å². The number of ether oxygens (including phenoxy) is 1. The number of nitrogens with zero attached hydrogens (tertiary/aromatic N) is 1. The third kappa shape index (κ3) is 4.16. The zero-order chi connectivity index (χ0) is 18.2. The van der Waals surface area contributed by atoms with E-state index in [4.69, 9.17) is 16.3 Å². The van der Waals surface area contributed by atoms with Crippen molar-refractivity contribution in [1.82, 2.24) is 9.62 Å². The fourth-order valence-corrected chi connectivity index (χ4v) is 4.31. The monoisotopic (exact) mass is 386 g/mol. The zero-order valence-corrected chi connectivity index (χ0v) is 15.9. The number of likely N-dealkylation sites (tertiary alicyclic amines) is 1. The summed E-state index contributed by atoms with van der Waals surface area (Å²) in [5.74, 6) is 0.488. The Hall–Kier alpha value is -1.15. The lowest BCUT2D eigenvalue weighted by atomic mass is 9.84. The Balaban J connectivity index is 1.71. The van der Waals surface area contributed by atoms with Gasteiger partial charge in [0.2, 0.25) is 10.0 Å². The quantitative estimate of drug-likeness (QED) is 0.854. The Labute approximate surface area is 153 Å². The van der Waals surface area contributed by atoms with Gasteiger partial charge in [-0.2, -0.15) is 0 Å². The number of carbonyl (C=O) groups excluding carboxylic acids is 1. The molecule has 3 rings (SSSR count). The van der Waals surface area contributed by atoms with E-state index in [-0.39, 0.29) is 24.5 Å². The Bertz CT molecular complexity index is 768. The van der Waals surface area contributed by atoms with Gasteiger partial charge in [-0.1, -0.05) is 17.7 Å². The molecular formula is C17H23ClN2O4S. The molecule has 1 aromatic rings. The minimum atomic E-state index is -3.26. The number of halogens is 1. The van der Waals surface area contributed by atoms with Gasteiger partial charge in [0.05, 0.1) is 19.0 Å². The highest BCUT2D eigenvalue weighted by molar-refractivity contribution is 7.88. The Morgan fingerprint density at radius 2 is 2.20 bits per heavy atom. The molecule has 2 fully saturated rings. The molecule has 2 aliphatic heterocycles. The first kappa shape index (κ1) is 18.6. The van der Waals surface area contributed by atoms with Crippen LogP contribution < -0.4 is 4.72 Å². The first-order valence-corrected chi connectivity index (χ1v) is 10.6. The van der Waals surface area contributed by atoms with Gasteiger partial charge in [0.25, 0.3) is 5.91 Å². The molecule has 0 aliphatic carbocycles. The van der Waals surface area contributed by atoms with E-state index in [2.05, 4.69) is 4.72 Å². The summed E-state index contributed by atoms with van der Waals surface area (Å²) in [6.45, 7) is 3.98. The van der Waals surface area contributed by atoms with Crippen molar-refractivity contribution in [1.29, 1.82) is 0 Å². The van der Waals surface area contributed by atoms with Crippen LogP contribution in [0.2, 0.25) is 5.02 Å². The van der Waals surface area contributed by atoms with E-state index in [0.717, 1.165) is 18.2 Å². The molecule has 0 aromatic heterocycles. The zero-order valence-electron chi connectivity index (χ0n) is 14.4. The van der Waals surface area contributed by atoms with E-state index in [1.165, 1.54) is 0 Å². The van der Waals surface area contributed by atoms with E-state index in [1.807, 2.05) is 11.8 Å². The van der Waals surface area contributed by atoms with Crippen LogP contribution in [0.3, 0.4) is 0 Å². The van der Waals surface area contributed by atoms with Crippen molar-refractivity contribution in [2.75, 3.05) is 32.5 Å². The molecule has 1 amide bonds. The van der Waals surface area contributed by atoms with Crippen LogP contribution in [-0.2, 0) is 14.8 Å². The lowest BCUT2D eigenvalue weighted by molar-refractivity contribution is 0.0562. The molecule has 0 unspecified atom stereocenters. The second-order valence-corrected chi connectivity index (χ2v) is 9.11. The summed E-state index contributed by atoms with van der Waals surface area (Å²) in [4.78, 5) is 14.7. The van der Waals surface area contributed by atoms with Gasteiger partial charge in [0.1, 0.15) is 0 Å². The van der Waals surface area contributed by atoms with Crippen LogP contribution in [0.4, 0.5) is 0 Å². The van der Waals surface area contributed by atoms with Gasteiger partial charge in [0.15, 0.2) is 0 Å². The fraction of sp³-hybridized carbons (Fsp3) is 0.588. The van der Waals surface area contributed by atoms with Gasteiger partial charge in [-0.25, -0.2) is 13.1 Å². The number of rotatable bonds is 4. The van der Waals surface area contributed by atoms with Crippen LogP contribution in [0.15, 0.2) is 18.2 Å². The smallest absolute Gasteiger partial charge is 0.254 e.